The van der Waals surface area contributed by atoms with Gasteiger partial charge in [-0.15, -0.1) is 0 Å². The van der Waals surface area contributed by atoms with Gasteiger partial charge in [0.05, 0.1) is 56.3 Å². The molecular formula is C57H71Cl4N9O15P3+. The molecule has 4 aliphatic heterocycles. The summed E-state index contributed by atoms with van der Waals surface area (Å²) in [5.41, 5.74) is 7.03. The fourth-order valence-electron chi connectivity index (χ4n) is 12.1. The molecule has 5 aromatic rings. The van der Waals surface area contributed by atoms with Crippen molar-refractivity contribution < 1.29 is 70.6 Å². The number of phosphoric ester groups is 1. The maximum Gasteiger partial charge on any atom is 0.490 e. The van der Waals surface area contributed by atoms with E-state index >= 15 is 4.79 Å². The zero-order valence-electron chi connectivity index (χ0n) is 49.8. The Morgan fingerprint density at radius 1 is 0.830 bits per heavy atom. The minimum absolute atomic E-state index is 0.000966. The summed E-state index contributed by atoms with van der Waals surface area (Å²) in [5, 5.41) is 18.5. The molecule has 0 aliphatic carbocycles. The molecule has 24 nitrogen and oxygen atoms in total. The molecule has 476 valence electrons. The van der Waals surface area contributed by atoms with Gasteiger partial charge in [-0.05, 0) is 90.2 Å². The number of benzene rings is 3. The zero-order chi connectivity index (χ0) is 64.2. The summed E-state index contributed by atoms with van der Waals surface area (Å²) >= 11 is 28.4. The molecule has 0 bridgehead atoms. The van der Waals surface area contributed by atoms with Gasteiger partial charge in [-0.3, -0.25) is 18.7 Å². The van der Waals surface area contributed by atoms with E-state index < -0.39 is 54.4 Å². The van der Waals surface area contributed by atoms with Gasteiger partial charge in [-0.2, -0.15) is 8.62 Å². The molecule has 31 heteroatoms. The van der Waals surface area contributed by atoms with Gasteiger partial charge in [0.2, 0.25) is 11.3 Å². The van der Waals surface area contributed by atoms with Gasteiger partial charge in [0, 0.05) is 105 Å². The molecule has 0 spiro atoms. The van der Waals surface area contributed by atoms with Crippen molar-refractivity contribution in [2.24, 2.45) is 0 Å². The van der Waals surface area contributed by atoms with E-state index in [0.29, 0.717) is 69.9 Å². The number of halogens is 4. The summed E-state index contributed by atoms with van der Waals surface area (Å²) in [7, 11) is -15.1. The number of aliphatic hydroxyl groups is 1. The van der Waals surface area contributed by atoms with E-state index in [1.165, 1.54) is 22.1 Å². The minimum atomic E-state index is -5.73. The summed E-state index contributed by atoms with van der Waals surface area (Å²) in [4.78, 5) is 81.9. The molecule has 88 heavy (non-hydrogen) atoms. The second-order valence-corrected chi connectivity index (χ2v) is 29.0. The van der Waals surface area contributed by atoms with Crippen LogP contribution in [0.25, 0.3) is 27.9 Å². The van der Waals surface area contributed by atoms with Crippen molar-refractivity contribution in [1.82, 2.24) is 34.3 Å². The number of carbonyl (C=O) groups excluding carboxylic acids is 2. The number of aliphatic hydroxyl groups excluding tert-OH is 1. The van der Waals surface area contributed by atoms with Gasteiger partial charge >= 0.3 is 23.5 Å². The highest BCUT2D eigenvalue weighted by atomic mass is 35.5. The van der Waals surface area contributed by atoms with Crippen LogP contribution in [0.5, 0.6) is 11.5 Å². The largest absolute Gasteiger partial charge is 0.490 e. The SMILES string of the molecule is CCN1c2cc3c(cc2C(C)=CC1(C)C)C(c1c(Cl)c(Cl)c(Cl)c(Cl)c1C(=O)N(C)CCCC(=O)NCCCCCCNc1ncnc2c1ncn2[C@H]1C[C@H](O)[C@@H](COP(=O)(O)OP(=O)(O)OP(=O)(O)O)O1)=c1cc2c(cc1O3)=[N+](CC)C(C)(C)C=C2C. The predicted molar refractivity (Wildman–Crippen MR) is 336 cm³/mol. The van der Waals surface area contributed by atoms with Crippen molar-refractivity contribution in [3.63, 3.8) is 0 Å². The Labute approximate surface area is 528 Å². The maximum absolute atomic E-state index is 15.1. The minimum Gasteiger partial charge on any atom is -0.456 e. The van der Waals surface area contributed by atoms with Crippen LogP contribution in [0, 0.1) is 0 Å². The lowest BCUT2D eigenvalue weighted by atomic mass is 9.83. The number of likely N-dealkylation sites (N-methyl/N-ethyl adjacent to an activating group) is 2. The number of unbranched alkanes of at least 4 members (excludes halogenated alkanes) is 3. The fraction of sp³-hybridized carbons (Fsp3) is 0.474. The van der Waals surface area contributed by atoms with Crippen molar-refractivity contribution in [1.29, 1.82) is 0 Å². The lowest BCUT2D eigenvalue weighted by molar-refractivity contribution is -0.121. The number of aromatic nitrogens is 4. The molecule has 5 atom stereocenters. The van der Waals surface area contributed by atoms with E-state index in [1.807, 2.05) is 0 Å². The Morgan fingerprint density at radius 3 is 2.22 bits per heavy atom. The lowest BCUT2D eigenvalue weighted by Gasteiger charge is -2.43. The number of carbonyl (C=O) groups is 2. The van der Waals surface area contributed by atoms with Crippen LogP contribution >= 0.6 is 69.9 Å². The van der Waals surface area contributed by atoms with Gasteiger partial charge < -0.3 is 54.6 Å². The maximum atomic E-state index is 15.1. The number of rotatable bonds is 24. The van der Waals surface area contributed by atoms with Crippen molar-refractivity contribution >= 4 is 121 Å². The summed E-state index contributed by atoms with van der Waals surface area (Å²) in [5.74, 6) is 0.950. The number of anilines is 2. The summed E-state index contributed by atoms with van der Waals surface area (Å²) in [6.07, 6.45) is 7.39. The number of imidazole rings is 1. The third kappa shape index (κ3) is 14.3. The predicted octanol–water partition coefficient (Wildman–Crippen LogP) is 10.2. The van der Waals surface area contributed by atoms with Crippen LogP contribution < -0.4 is 35.4 Å². The Balaban J connectivity index is 0.813. The first-order chi connectivity index (χ1) is 41.3. The van der Waals surface area contributed by atoms with Gasteiger partial charge in [-0.1, -0.05) is 65.3 Å². The Kier molecular flexibility index (Phi) is 20.3. The first-order valence-electron chi connectivity index (χ1n) is 28.5. The number of fused-ring (bicyclic) bond motifs is 5. The lowest BCUT2D eigenvalue weighted by Crippen LogP contribution is -2.49. The van der Waals surface area contributed by atoms with E-state index in [4.69, 9.17) is 65.7 Å². The molecule has 0 radical (unpaired) electrons. The molecule has 3 aromatic carbocycles. The number of nitrogens with zero attached hydrogens (tertiary/aromatic N) is 7. The number of hydrogen-bond acceptors (Lipinski definition) is 16. The van der Waals surface area contributed by atoms with Crippen LogP contribution in [-0.4, -0.2) is 131 Å². The van der Waals surface area contributed by atoms with Crippen LogP contribution in [-0.2, 0) is 36.4 Å². The first-order valence-corrected chi connectivity index (χ1v) is 34.6. The average molecular weight is 1360 g/mol. The highest BCUT2D eigenvalue weighted by molar-refractivity contribution is 7.66. The number of ether oxygens (including phenoxy) is 2. The molecule has 2 aromatic heterocycles. The second kappa shape index (κ2) is 26.4. The van der Waals surface area contributed by atoms with Gasteiger partial charge in [0.1, 0.15) is 36.7 Å². The van der Waals surface area contributed by atoms with Gasteiger partial charge in [-0.25, -0.2) is 33.2 Å². The standard InChI is InChI=1S/C57H70Cl4N9O15P3/c1-10-69-37-23-40-35(21-33(37)31(3)26-56(69,5)6)45(36-22-34-32(4)27-57(7,8)70(11-2)38(34)24-41(36)82-40)46-47(49(59)51(61)50(60)48(46)58)55(73)67(9)20-16-17-43(72)62-18-14-12-13-15-19-63-53-52-54(65-29-64-53)68(30-66-52)44-25-39(71)42(83-44)28-81-87(77,78)85-88(79,80)84-86(74,75)76/h21-24,26-27,29-30,39,42,44,71H,10-20,25,28H2,1-9H3,(H5-,62,63,64,65,72,74,75,76,77,78,79,80)/p+1/t39-,42+,44+/m0/s1. The molecule has 1 fully saturated rings. The molecule has 2 unspecified atom stereocenters. The Morgan fingerprint density at radius 2 is 1.52 bits per heavy atom. The highest BCUT2D eigenvalue weighted by Crippen LogP contribution is 2.66. The molecule has 4 aliphatic rings. The molecule has 1 saturated heterocycles. The topological polar surface area (TPSA) is 310 Å². The number of amides is 2. The third-order valence-electron chi connectivity index (χ3n) is 15.9. The van der Waals surface area contributed by atoms with E-state index in [1.54, 1.807) is 7.05 Å². The Hall–Kier alpha value is -4.81. The normalized spacial score (nSPS) is 19.8. The zero-order valence-corrected chi connectivity index (χ0v) is 55.6. The number of hydrogen-bond donors (Lipinski definition) is 7. The van der Waals surface area contributed by atoms with Crippen LogP contribution in [0.15, 0.2) is 49.1 Å². The van der Waals surface area contributed by atoms with Gasteiger partial charge in [0.15, 0.2) is 22.5 Å². The van der Waals surface area contributed by atoms with Gasteiger partial charge in [0.25, 0.3) is 5.91 Å². The first kappa shape index (κ1) is 67.6. The van der Waals surface area contributed by atoms with E-state index in [2.05, 4.69) is 140 Å². The second-order valence-electron chi connectivity index (χ2n) is 23.1. The van der Waals surface area contributed by atoms with Crippen molar-refractivity contribution in [2.45, 2.75) is 130 Å². The number of nitrogens with one attached hydrogen (secondary N) is 2. The monoisotopic (exact) mass is 1350 g/mol. The van der Waals surface area contributed by atoms with Crippen LogP contribution in [0.4, 0.5) is 11.5 Å². The molecule has 0 saturated carbocycles. The van der Waals surface area contributed by atoms with Crippen LogP contribution in [0.3, 0.4) is 0 Å². The molecule has 2 amide bonds. The quantitative estimate of drug-likeness (QED) is 0.00974. The van der Waals surface area contributed by atoms with E-state index in [-0.39, 0.29) is 62.0 Å². The summed E-state index contributed by atoms with van der Waals surface area (Å²) in [6.45, 7) is 19.0. The summed E-state index contributed by atoms with van der Waals surface area (Å²) < 4.78 is 63.6. The van der Waals surface area contributed by atoms with Crippen molar-refractivity contribution in [2.75, 3.05) is 56.6 Å². The van der Waals surface area contributed by atoms with Crippen molar-refractivity contribution in [3.8, 4) is 11.5 Å². The number of allylic oxidation sites excluding steroid dienone is 2. The highest BCUT2D eigenvalue weighted by Gasteiger charge is 2.44. The fourth-order valence-corrected chi connectivity index (χ4v) is 16.2. The Bertz CT molecular complexity index is 3970. The smallest absolute Gasteiger partial charge is 0.456 e. The number of phosphoric acid groups is 3. The van der Waals surface area contributed by atoms with E-state index in [9.17, 15) is 33.4 Å². The van der Waals surface area contributed by atoms with Crippen molar-refractivity contribution in [3.05, 3.63) is 108 Å². The molecule has 7 N–H and O–H groups in total. The average Bonchev–Trinajstić information content (AvgIpc) is 0.891. The van der Waals surface area contributed by atoms with E-state index in [0.717, 1.165) is 72.1 Å². The molecule has 6 heterocycles. The van der Waals surface area contributed by atoms with Crippen LogP contribution in [0.1, 0.15) is 139 Å². The van der Waals surface area contributed by atoms with Crippen LogP contribution in [0.2, 0.25) is 20.1 Å². The third-order valence-corrected chi connectivity index (χ3v) is 21.5. The summed E-state index contributed by atoms with van der Waals surface area (Å²) in [6, 6.07) is 8.35. The molecule has 9 rings (SSSR count). The molecular weight excluding hydrogens is 1290 g/mol.